The summed E-state index contributed by atoms with van der Waals surface area (Å²) in [4.78, 5) is 34.1. The van der Waals surface area contributed by atoms with Crippen LogP contribution in [0.4, 0.5) is 0 Å². The van der Waals surface area contributed by atoms with Gasteiger partial charge in [-0.2, -0.15) is 0 Å². The van der Waals surface area contributed by atoms with E-state index in [0.29, 0.717) is 17.4 Å². The van der Waals surface area contributed by atoms with Crippen LogP contribution in [0.5, 0.6) is 0 Å². The Balaban J connectivity index is 4.59. The van der Waals surface area contributed by atoms with Crippen LogP contribution in [0.3, 0.4) is 0 Å². The van der Waals surface area contributed by atoms with Gasteiger partial charge in [0, 0.05) is 12.8 Å². The van der Waals surface area contributed by atoms with E-state index in [9.17, 15) is 19.0 Å². The predicted octanol–water partition coefficient (Wildman–Crippen LogP) is 5.00. The van der Waals surface area contributed by atoms with Crippen LogP contribution < -0.4 is 0 Å². The lowest BCUT2D eigenvalue weighted by Gasteiger charge is -2.24. The van der Waals surface area contributed by atoms with E-state index >= 15 is 0 Å². The molecule has 34 heavy (non-hydrogen) atoms. The molecule has 0 saturated carbocycles. The molecule has 0 saturated heterocycles. The molecule has 0 heterocycles. The van der Waals surface area contributed by atoms with Crippen LogP contribution in [0, 0.1) is 0 Å². The summed E-state index contributed by atoms with van der Waals surface area (Å²) in [6.07, 6.45) is 9.70. The zero-order valence-electron chi connectivity index (χ0n) is 22.1. The van der Waals surface area contributed by atoms with Crippen molar-refractivity contribution in [3.05, 3.63) is 0 Å². The number of hydrogen-bond donors (Lipinski definition) is 1. The predicted molar refractivity (Wildman–Crippen MR) is 132 cm³/mol. The molecule has 0 bridgehead atoms. The van der Waals surface area contributed by atoms with Crippen LogP contribution in [0.25, 0.3) is 0 Å². The first-order valence-electron chi connectivity index (χ1n) is 12.8. The Morgan fingerprint density at radius 3 is 1.94 bits per heavy atom. The second-order valence-electron chi connectivity index (χ2n) is 9.73. The molecule has 0 amide bonds. The lowest BCUT2D eigenvalue weighted by molar-refractivity contribution is -0.870. The molecule has 0 fully saturated rings. The van der Waals surface area contributed by atoms with E-state index < -0.39 is 32.5 Å². The zero-order chi connectivity index (χ0) is 25.9. The number of unbranched alkanes of at least 4 members (excludes halogenated alkanes) is 8. The normalized spacial score (nSPS) is 14.4. The Labute approximate surface area is 206 Å². The molecule has 0 aromatic rings. The maximum atomic E-state index is 12.3. The van der Waals surface area contributed by atoms with Crippen molar-refractivity contribution in [3.8, 4) is 0 Å². The summed E-state index contributed by atoms with van der Waals surface area (Å²) in [5.41, 5.74) is 0. The van der Waals surface area contributed by atoms with Crippen molar-refractivity contribution in [3.63, 3.8) is 0 Å². The van der Waals surface area contributed by atoms with E-state index in [-0.39, 0.29) is 26.1 Å². The first-order valence-corrected chi connectivity index (χ1v) is 14.3. The molecule has 0 aliphatic heterocycles. The molecule has 10 heteroatoms. The third kappa shape index (κ3) is 21.5. The second-order valence-corrected chi connectivity index (χ2v) is 11.2. The number of carbonyl (C=O) groups excluding carboxylic acids is 2. The van der Waals surface area contributed by atoms with Crippen LogP contribution >= 0.6 is 7.82 Å². The first kappa shape index (κ1) is 33.0. The maximum absolute atomic E-state index is 12.3. The Kier molecular flexibility index (Phi) is 18.7. The highest BCUT2D eigenvalue weighted by atomic mass is 31.2. The monoisotopic (exact) mass is 510 g/mol. The number of esters is 2. The Hall–Kier alpha value is -0.990. The van der Waals surface area contributed by atoms with Gasteiger partial charge in [-0.15, -0.1) is 0 Å². The van der Waals surface area contributed by atoms with Crippen molar-refractivity contribution in [1.82, 2.24) is 0 Å². The average molecular weight is 511 g/mol. The Bertz CT molecular complexity index is 594. The van der Waals surface area contributed by atoms with E-state index in [1.807, 2.05) is 28.1 Å². The molecule has 202 valence electrons. The molecule has 0 radical (unpaired) electrons. The molecular weight excluding hydrogens is 461 g/mol. The second kappa shape index (κ2) is 19.2. The fourth-order valence-electron chi connectivity index (χ4n) is 3.01. The van der Waals surface area contributed by atoms with Gasteiger partial charge in [0.2, 0.25) is 0 Å². The number of likely N-dealkylation sites (N-methyl/N-ethyl adjacent to an activating group) is 1. The number of phosphoric acid groups is 1. The lowest BCUT2D eigenvalue weighted by atomic mass is 10.1. The number of carbonyl (C=O) groups is 2. The van der Waals surface area contributed by atoms with Gasteiger partial charge in [0.05, 0.1) is 27.7 Å². The van der Waals surface area contributed by atoms with Gasteiger partial charge in [-0.25, -0.2) is 4.57 Å². The van der Waals surface area contributed by atoms with Crippen LogP contribution in [0.15, 0.2) is 0 Å². The molecule has 2 unspecified atom stereocenters. The minimum absolute atomic E-state index is 0.0341. The molecule has 9 nitrogen and oxygen atoms in total. The summed E-state index contributed by atoms with van der Waals surface area (Å²) < 4.78 is 33.4. The van der Waals surface area contributed by atoms with Crippen LogP contribution in [-0.4, -0.2) is 74.9 Å². The van der Waals surface area contributed by atoms with Crippen molar-refractivity contribution >= 4 is 19.8 Å². The third-order valence-electron chi connectivity index (χ3n) is 5.14. The van der Waals surface area contributed by atoms with Gasteiger partial charge in [0.25, 0.3) is 0 Å². The summed E-state index contributed by atoms with van der Waals surface area (Å²) in [6, 6.07) is 0. The van der Waals surface area contributed by atoms with E-state index in [1.54, 1.807) is 0 Å². The summed E-state index contributed by atoms with van der Waals surface area (Å²) in [5.74, 6) is -0.837. The topological polar surface area (TPSA) is 108 Å². The lowest BCUT2D eigenvalue weighted by Crippen LogP contribution is -2.37. The van der Waals surface area contributed by atoms with Gasteiger partial charge in [0.1, 0.15) is 19.8 Å². The summed E-state index contributed by atoms with van der Waals surface area (Å²) in [7, 11) is 1.47. The van der Waals surface area contributed by atoms with Gasteiger partial charge in [-0.1, -0.05) is 65.2 Å². The zero-order valence-corrected chi connectivity index (χ0v) is 23.0. The molecular formula is C24H49NO8P+. The van der Waals surface area contributed by atoms with Crippen LogP contribution in [-0.2, 0) is 32.7 Å². The highest BCUT2D eigenvalue weighted by molar-refractivity contribution is 7.47. The fraction of sp³-hybridized carbons (Fsp3) is 0.917. The summed E-state index contributed by atoms with van der Waals surface area (Å²) >= 11 is 0. The smallest absolute Gasteiger partial charge is 0.462 e. The number of rotatable bonds is 22. The Morgan fingerprint density at radius 2 is 1.32 bits per heavy atom. The molecule has 0 aromatic heterocycles. The highest BCUT2D eigenvalue weighted by Gasteiger charge is 2.27. The van der Waals surface area contributed by atoms with Crippen molar-refractivity contribution < 1.29 is 42.1 Å². The number of phosphoric ester groups is 1. The quantitative estimate of drug-likeness (QED) is 0.0938. The minimum atomic E-state index is -4.33. The molecule has 0 aliphatic rings. The van der Waals surface area contributed by atoms with Crippen molar-refractivity contribution in [2.24, 2.45) is 0 Å². The average Bonchev–Trinajstić information content (AvgIpc) is 2.74. The van der Waals surface area contributed by atoms with Crippen molar-refractivity contribution in [2.75, 3.05) is 47.5 Å². The minimum Gasteiger partial charge on any atom is -0.462 e. The number of quaternary nitrogens is 1. The highest BCUT2D eigenvalue weighted by Crippen LogP contribution is 2.43. The standard InChI is InChI=1S/C24H48NO8P/c1-6-8-10-11-12-13-15-17-24(27)33-22(20-30-23(26)16-14-9-7-2)21-32-34(28,29)31-19-18-25(3,4)5/h22H,6-21H2,1-5H3/p+1. The van der Waals surface area contributed by atoms with Crippen LogP contribution in [0.2, 0.25) is 0 Å². The molecule has 0 spiro atoms. The van der Waals surface area contributed by atoms with Crippen molar-refractivity contribution in [2.45, 2.75) is 97.0 Å². The molecule has 0 aliphatic carbocycles. The van der Waals surface area contributed by atoms with E-state index in [1.165, 1.54) is 19.3 Å². The van der Waals surface area contributed by atoms with Crippen molar-refractivity contribution in [1.29, 1.82) is 0 Å². The number of ether oxygens (including phenoxy) is 2. The largest absolute Gasteiger partial charge is 0.472 e. The van der Waals surface area contributed by atoms with Gasteiger partial charge >= 0.3 is 19.8 Å². The Morgan fingerprint density at radius 1 is 0.794 bits per heavy atom. The van der Waals surface area contributed by atoms with Gasteiger partial charge in [-0.05, 0) is 12.8 Å². The summed E-state index contributed by atoms with van der Waals surface area (Å²) in [6.45, 7) is 4.13. The van der Waals surface area contributed by atoms with Gasteiger partial charge in [0.15, 0.2) is 6.10 Å². The summed E-state index contributed by atoms with van der Waals surface area (Å²) in [5, 5.41) is 0. The molecule has 2 atom stereocenters. The third-order valence-corrected chi connectivity index (χ3v) is 6.12. The molecule has 0 aromatic carbocycles. The maximum Gasteiger partial charge on any atom is 0.472 e. The SMILES string of the molecule is CCCCCCCCCC(=O)OC(COC(=O)CCCCC)COP(=O)(O)OCC[N+](C)(C)C. The molecule has 0 rings (SSSR count). The molecule has 1 N–H and O–H groups in total. The van der Waals surface area contributed by atoms with E-state index in [0.717, 1.165) is 38.5 Å². The fourth-order valence-corrected chi connectivity index (χ4v) is 3.75. The van der Waals surface area contributed by atoms with Gasteiger partial charge < -0.3 is 18.9 Å². The van der Waals surface area contributed by atoms with E-state index in [4.69, 9.17) is 18.5 Å². The van der Waals surface area contributed by atoms with E-state index in [2.05, 4.69) is 6.92 Å². The van der Waals surface area contributed by atoms with Gasteiger partial charge in [-0.3, -0.25) is 18.6 Å². The number of nitrogens with zero attached hydrogens (tertiary/aromatic N) is 1. The first-order chi connectivity index (χ1) is 16.0. The number of hydrogen-bond acceptors (Lipinski definition) is 7. The van der Waals surface area contributed by atoms with Crippen LogP contribution in [0.1, 0.15) is 90.9 Å².